The Morgan fingerprint density at radius 3 is 2.92 bits per heavy atom. The fourth-order valence-electron chi connectivity index (χ4n) is 2.86. The fraction of sp³-hybridized carbons (Fsp3) is 0.353. The van der Waals surface area contributed by atoms with Crippen molar-refractivity contribution in [2.45, 2.75) is 17.4 Å². The van der Waals surface area contributed by atoms with Crippen LogP contribution >= 0.6 is 11.8 Å². The van der Waals surface area contributed by atoms with Gasteiger partial charge in [-0.1, -0.05) is 30.0 Å². The first-order valence-corrected chi connectivity index (χ1v) is 9.03. The minimum Gasteiger partial charge on any atom is -0.411 e. The van der Waals surface area contributed by atoms with Crippen LogP contribution in [0, 0.1) is 0 Å². The largest absolute Gasteiger partial charge is 0.411 e. The molecule has 3 heterocycles. The zero-order chi connectivity index (χ0) is 17.2. The molecule has 1 saturated heterocycles. The third-order valence-corrected chi connectivity index (χ3v) is 5.10. The van der Waals surface area contributed by atoms with E-state index < -0.39 is 0 Å². The van der Waals surface area contributed by atoms with Gasteiger partial charge >= 0.3 is 0 Å². The van der Waals surface area contributed by atoms with Gasteiger partial charge in [-0.15, -0.1) is 10.2 Å². The Balaban J connectivity index is 1.48. The van der Waals surface area contributed by atoms with E-state index in [2.05, 4.69) is 15.2 Å². The van der Waals surface area contributed by atoms with Gasteiger partial charge in [-0.05, 0) is 13.0 Å². The van der Waals surface area contributed by atoms with Crippen molar-refractivity contribution < 1.29 is 13.9 Å². The van der Waals surface area contributed by atoms with E-state index in [0.717, 1.165) is 16.5 Å². The molecule has 1 atom stereocenters. The van der Waals surface area contributed by atoms with Gasteiger partial charge in [0.2, 0.25) is 5.91 Å². The Morgan fingerprint density at radius 2 is 2.08 bits per heavy atom. The molecule has 3 aromatic rings. The van der Waals surface area contributed by atoms with Crippen LogP contribution in [0.2, 0.25) is 0 Å². The highest BCUT2D eigenvalue weighted by Gasteiger charge is 2.25. The van der Waals surface area contributed by atoms with Gasteiger partial charge in [0.1, 0.15) is 0 Å². The highest BCUT2D eigenvalue weighted by molar-refractivity contribution is 8.00. The summed E-state index contributed by atoms with van der Waals surface area (Å²) in [6.07, 6.45) is 1.86. The van der Waals surface area contributed by atoms with Crippen molar-refractivity contribution in [2.75, 3.05) is 26.3 Å². The Kier molecular flexibility index (Phi) is 4.46. The van der Waals surface area contributed by atoms with Crippen LogP contribution in [0.5, 0.6) is 0 Å². The summed E-state index contributed by atoms with van der Waals surface area (Å²) in [6.45, 7) is 4.31. The number of H-pyrrole nitrogens is 1. The lowest BCUT2D eigenvalue weighted by atomic mass is 10.2. The van der Waals surface area contributed by atoms with E-state index in [-0.39, 0.29) is 11.2 Å². The molecule has 1 aliphatic rings. The maximum absolute atomic E-state index is 12.5. The van der Waals surface area contributed by atoms with Gasteiger partial charge in [0.05, 0.1) is 24.0 Å². The normalized spacial score (nSPS) is 16.3. The molecule has 0 aliphatic carbocycles. The van der Waals surface area contributed by atoms with Gasteiger partial charge in [-0.3, -0.25) is 4.79 Å². The van der Waals surface area contributed by atoms with E-state index in [4.69, 9.17) is 9.15 Å². The van der Waals surface area contributed by atoms with Crippen LogP contribution in [0.3, 0.4) is 0 Å². The van der Waals surface area contributed by atoms with E-state index in [0.29, 0.717) is 37.4 Å². The average Bonchev–Trinajstić information content (AvgIpc) is 3.28. The second-order valence-electron chi connectivity index (χ2n) is 5.82. The Hall–Kier alpha value is -2.32. The van der Waals surface area contributed by atoms with Crippen LogP contribution in [0.4, 0.5) is 0 Å². The number of amides is 1. The number of aromatic nitrogens is 3. The number of nitrogens with zero attached hydrogens (tertiary/aromatic N) is 3. The van der Waals surface area contributed by atoms with Crippen LogP contribution in [0.15, 0.2) is 40.1 Å². The monoisotopic (exact) mass is 358 g/mol. The summed E-state index contributed by atoms with van der Waals surface area (Å²) in [4.78, 5) is 17.5. The van der Waals surface area contributed by atoms with Gasteiger partial charge in [-0.25, -0.2) is 0 Å². The number of benzene rings is 1. The zero-order valence-corrected chi connectivity index (χ0v) is 14.6. The molecule has 0 saturated carbocycles. The molecule has 1 N–H and O–H groups in total. The topological polar surface area (TPSA) is 84.2 Å². The van der Waals surface area contributed by atoms with Gasteiger partial charge in [0, 0.05) is 30.2 Å². The molecule has 1 aromatic carbocycles. The molecular weight excluding hydrogens is 340 g/mol. The summed E-state index contributed by atoms with van der Waals surface area (Å²) in [5.74, 6) is 0.520. The summed E-state index contributed by atoms with van der Waals surface area (Å²) >= 11 is 1.29. The molecule has 7 nitrogen and oxygen atoms in total. The van der Waals surface area contributed by atoms with E-state index in [1.54, 1.807) is 0 Å². The lowest BCUT2D eigenvalue weighted by molar-refractivity contribution is -0.134. The molecule has 130 valence electrons. The number of thioether (sulfide) groups is 1. The number of morpholine rings is 1. The molecule has 0 radical (unpaired) electrons. The highest BCUT2D eigenvalue weighted by Crippen LogP contribution is 2.31. The third kappa shape index (κ3) is 3.27. The van der Waals surface area contributed by atoms with Crippen LogP contribution in [0.1, 0.15) is 6.92 Å². The van der Waals surface area contributed by atoms with Gasteiger partial charge in [0.15, 0.2) is 0 Å². The number of carbonyl (C=O) groups excluding carboxylic acids is 1. The van der Waals surface area contributed by atoms with Crippen molar-refractivity contribution in [3.63, 3.8) is 0 Å². The highest BCUT2D eigenvalue weighted by atomic mass is 32.2. The van der Waals surface area contributed by atoms with Crippen LogP contribution in [0.25, 0.3) is 22.4 Å². The lowest BCUT2D eigenvalue weighted by Gasteiger charge is -2.28. The lowest BCUT2D eigenvalue weighted by Crippen LogP contribution is -2.44. The molecular formula is C17H18N4O3S. The van der Waals surface area contributed by atoms with Gasteiger partial charge in [0.25, 0.3) is 11.1 Å². The molecule has 1 amide bonds. The summed E-state index contributed by atoms with van der Waals surface area (Å²) < 4.78 is 11.1. The smallest absolute Gasteiger partial charge is 0.277 e. The van der Waals surface area contributed by atoms with Gasteiger partial charge < -0.3 is 19.0 Å². The number of fused-ring (bicyclic) bond motifs is 1. The first-order chi connectivity index (χ1) is 12.2. The number of aromatic amines is 1. The van der Waals surface area contributed by atoms with Gasteiger partial charge in [-0.2, -0.15) is 0 Å². The summed E-state index contributed by atoms with van der Waals surface area (Å²) in [6, 6.07) is 7.93. The maximum atomic E-state index is 12.5. The molecule has 1 unspecified atom stereocenters. The van der Waals surface area contributed by atoms with Crippen LogP contribution in [-0.2, 0) is 9.53 Å². The van der Waals surface area contributed by atoms with Crippen molar-refractivity contribution in [3.05, 3.63) is 30.5 Å². The molecule has 25 heavy (non-hydrogen) atoms. The molecule has 4 rings (SSSR count). The number of para-hydroxylation sites is 1. The molecule has 1 fully saturated rings. The Labute approximate surface area is 148 Å². The van der Waals surface area contributed by atoms with Crippen LogP contribution < -0.4 is 0 Å². The minimum atomic E-state index is -0.283. The van der Waals surface area contributed by atoms with Crippen molar-refractivity contribution in [1.29, 1.82) is 0 Å². The van der Waals surface area contributed by atoms with E-state index in [1.807, 2.05) is 42.3 Å². The number of rotatable bonds is 4. The molecule has 1 aliphatic heterocycles. The Morgan fingerprint density at radius 1 is 1.28 bits per heavy atom. The summed E-state index contributed by atoms with van der Waals surface area (Å²) in [7, 11) is 0. The third-order valence-electron chi connectivity index (χ3n) is 4.17. The average molecular weight is 358 g/mol. The number of nitrogens with one attached hydrogen (secondary N) is 1. The maximum Gasteiger partial charge on any atom is 0.277 e. The van der Waals surface area contributed by atoms with E-state index in [9.17, 15) is 4.79 Å². The number of hydrogen-bond acceptors (Lipinski definition) is 6. The number of hydrogen-bond donors (Lipinski definition) is 1. The first-order valence-electron chi connectivity index (χ1n) is 8.15. The van der Waals surface area contributed by atoms with Crippen molar-refractivity contribution >= 4 is 28.6 Å². The second kappa shape index (κ2) is 6.89. The standard InChI is InChI=1S/C17H18N4O3S/c1-11(16(22)21-6-8-23-9-7-21)25-17-20-19-15(24-17)13-10-18-14-5-3-2-4-12(13)14/h2-5,10-11,18H,6-9H2,1H3. The van der Waals surface area contributed by atoms with Crippen molar-refractivity contribution in [1.82, 2.24) is 20.1 Å². The summed E-state index contributed by atoms with van der Waals surface area (Å²) in [5.41, 5.74) is 1.88. The zero-order valence-electron chi connectivity index (χ0n) is 13.8. The summed E-state index contributed by atoms with van der Waals surface area (Å²) in [5, 5.41) is 9.36. The number of ether oxygens (including phenoxy) is 1. The van der Waals surface area contributed by atoms with Crippen molar-refractivity contribution in [2.24, 2.45) is 0 Å². The predicted octanol–water partition coefficient (Wildman–Crippen LogP) is 2.56. The number of carbonyl (C=O) groups is 1. The molecule has 0 bridgehead atoms. The van der Waals surface area contributed by atoms with Crippen LogP contribution in [-0.4, -0.2) is 57.5 Å². The SMILES string of the molecule is CC(Sc1nnc(-c2c[nH]c3ccccc23)o1)C(=O)N1CCOCC1. The first kappa shape index (κ1) is 16.2. The molecule has 8 heteroatoms. The second-order valence-corrected chi connectivity index (χ2v) is 7.11. The fourth-order valence-corrected chi connectivity index (χ4v) is 3.62. The quantitative estimate of drug-likeness (QED) is 0.722. The van der Waals surface area contributed by atoms with E-state index in [1.165, 1.54) is 11.8 Å². The minimum absolute atomic E-state index is 0.0696. The Bertz CT molecular complexity index is 885. The molecule has 2 aromatic heterocycles. The predicted molar refractivity (Wildman–Crippen MR) is 94.3 cm³/mol. The molecule has 0 spiro atoms. The van der Waals surface area contributed by atoms with E-state index >= 15 is 0 Å². The van der Waals surface area contributed by atoms with Crippen molar-refractivity contribution in [3.8, 4) is 11.5 Å².